The number of ether oxygens (including phenoxy) is 1. The van der Waals surface area contributed by atoms with Gasteiger partial charge < -0.3 is 9.84 Å². The molecule has 0 aromatic carbocycles. The van der Waals surface area contributed by atoms with Crippen molar-refractivity contribution < 1.29 is 9.84 Å². The first kappa shape index (κ1) is 10.6. The maximum atomic E-state index is 9.79. The first-order valence-electron chi connectivity index (χ1n) is 5.25. The highest BCUT2D eigenvalue weighted by molar-refractivity contribution is 4.73. The van der Waals surface area contributed by atoms with Crippen LogP contribution in [0.4, 0.5) is 0 Å². The summed E-state index contributed by atoms with van der Waals surface area (Å²) in [6, 6.07) is 0. The molecule has 1 rings (SSSR count). The van der Waals surface area contributed by atoms with Gasteiger partial charge in [-0.2, -0.15) is 0 Å². The summed E-state index contributed by atoms with van der Waals surface area (Å²) >= 11 is 0. The summed E-state index contributed by atoms with van der Waals surface area (Å²) in [5, 5.41) is 9.79. The Hall–Kier alpha value is -0.500. The summed E-state index contributed by atoms with van der Waals surface area (Å²) in [7, 11) is 0. The summed E-state index contributed by atoms with van der Waals surface area (Å²) in [6.45, 7) is 4.06. The van der Waals surface area contributed by atoms with Crippen molar-refractivity contribution in [1.82, 2.24) is 0 Å². The van der Waals surface area contributed by atoms with Gasteiger partial charge in [-0.05, 0) is 18.8 Å². The molecule has 1 aliphatic carbocycles. The Morgan fingerprint density at radius 2 is 2.08 bits per heavy atom. The molecule has 0 saturated heterocycles. The lowest BCUT2D eigenvalue weighted by molar-refractivity contribution is 0.0578. The van der Waals surface area contributed by atoms with Gasteiger partial charge in [0, 0.05) is 6.42 Å². The monoisotopic (exact) mass is 184 g/mol. The lowest BCUT2D eigenvalue weighted by Crippen LogP contribution is -2.23. The largest absolute Gasteiger partial charge is 0.502 e. The van der Waals surface area contributed by atoms with E-state index in [2.05, 4.69) is 6.58 Å². The van der Waals surface area contributed by atoms with Gasteiger partial charge in [0.1, 0.15) is 0 Å². The summed E-state index contributed by atoms with van der Waals surface area (Å²) in [6.07, 6.45) is 8.30. The summed E-state index contributed by atoms with van der Waals surface area (Å²) in [5.74, 6) is 0.516. The molecule has 1 saturated carbocycles. The number of aliphatic hydroxyl groups excluding tert-OH is 1. The molecule has 2 heteroatoms. The minimum Gasteiger partial charge on any atom is -0.502 e. The molecule has 1 fully saturated rings. The van der Waals surface area contributed by atoms with E-state index in [-0.39, 0.29) is 6.10 Å². The molecule has 0 aromatic heterocycles. The van der Waals surface area contributed by atoms with Gasteiger partial charge in [0.2, 0.25) is 0 Å². The third kappa shape index (κ3) is 3.81. The molecule has 0 heterocycles. The topological polar surface area (TPSA) is 29.5 Å². The average molecular weight is 184 g/mol. The van der Waals surface area contributed by atoms with Gasteiger partial charge in [0.05, 0.1) is 19.0 Å². The van der Waals surface area contributed by atoms with Crippen molar-refractivity contribution >= 4 is 0 Å². The predicted octanol–water partition coefficient (Wildman–Crippen LogP) is 2.48. The van der Waals surface area contributed by atoms with Crippen molar-refractivity contribution in [3.8, 4) is 0 Å². The Morgan fingerprint density at radius 3 is 2.69 bits per heavy atom. The van der Waals surface area contributed by atoms with Crippen LogP contribution in [-0.4, -0.2) is 17.8 Å². The molecule has 0 aromatic rings. The van der Waals surface area contributed by atoms with Crippen LogP contribution in [0.1, 0.15) is 38.5 Å². The van der Waals surface area contributed by atoms with Crippen LogP contribution in [0.15, 0.2) is 12.8 Å². The molecular formula is C11H20O2. The Bertz CT molecular complexity index is 139. The van der Waals surface area contributed by atoms with Gasteiger partial charge in [-0.1, -0.05) is 25.8 Å². The zero-order valence-electron chi connectivity index (χ0n) is 8.24. The number of aliphatic hydroxyl groups is 1. The highest BCUT2D eigenvalue weighted by atomic mass is 16.5. The van der Waals surface area contributed by atoms with Gasteiger partial charge in [0.15, 0.2) is 0 Å². The number of rotatable bonds is 5. The van der Waals surface area contributed by atoms with E-state index in [0.717, 1.165) is 6.42 Å². The highest BCUT2D eigenvalue weighted by Gasteiger charge is 2.20. The van der Waals surface area contributed by atoms with E-state index in [4.69, 9.17) is 4.74 Å². The molecule has 0 radical (unpaired) electrons. The molecular weight excluding hydrogens is 164 g/mol. The molecule has 0 amide bonds. The van der Waals surface area contributed by atoms with Crippen molar-refractivity contribution in [1.29, 1.82) is 0 Å². The zero-order valence-corrected chi connectivity index (χ0v) is 8.24. The van der Waals surface area contributed by atoms with Crippen LogP contribution in [0.25, 0.3) is 0 Å². The highest BCUT2D eigenvalue weighted by Crippen LogP contribution is 2.27. The normalized spacial score (nSPS) is 21.0. The quantitative estimate of drug-likeness (QED) is 0.525. The van der Waals surface area contributed by atoms with Crippen LogP contribution >= 0.6 is 0 Å². The maximum Gasteiger partial charge on any atom is 0.0897 e. The standard InChI is InChI=1S/C11H20O2/c1-2-13-9-8-11(12)10-6-4-3-5-7-10/h2,10-12H,1,3-9H2. The predicted molar refractivity (Wildman–Crippen MR) is 53.3 cm³/mol. The van der Waals surface area contributed by atoms with E-state index in [1.165, 1.54) is 38.4 Å². The third-order valence-electron chi connectivity index (χ3n) is 2.84. The number of hydrogen-bond acceptors (Lipinski definition) is 2. The van der Waals surface area contributed by atoms with E-state index in [1.54, 1.807) is 0 Å². The molecule has 0 aliphatic heterocycles. The van der Waals surface area contributed by atoms with Crippen LogP contribution in [-0.2, 0) is 4.74 Å². The second-order valence-corrected chi connectivity index (χ2v) is 3.79. The van der Waals surface area contributed by atoms with E-state index >= 15 is 0 Å². The molecule has 1 atom stereocenters. The van der Waals surface area contributed by atoms with Crippen molar-refractivity contribution in [2.45, 2.75) is 44.6 Å². The Labute approximate surface area is 80.6 Å². The average Bonchev–Trinajstić information content (AvgIpc) is 2.19. The van der Waals surface area contributed by atoms with Crippen LogP contribution in [0.3, 0.4) is 0 Å². The molecule has 2 nitrogen and oxygen atoms in total. The fraction of sp³-hybridized carbons (Fsp3) is 0.818. The van der Waals surface area contributed by atoms with E-state index in [0.29, 0.717) is 12.5 Å². The first-order valence-corrected chi connectivity index (χ1v) is 5.25. The number of hydrogen-bond donors (Lipinski definition) is 1. The smallest absolute Gasteiger partial charge is 0.0897 e. The van der Waals surface area contributed by atoms with Crippen molar-refractivity contribution in [2.24, 2.45) is 5.92 Å². The fourth-order valence-electron chi connectivity index (χ4n) is 2.03. The fourth-order valence-corrected chi connectivity index (χ4v) is 2.03. The molecule has 1 N–H and O–H groups in total. The van der Waals surface area contributed by atoms with E-state index < -0.39 is 0 Å². The first-order chi connectivity index (χ1) is 6.34. The second kappa shape index (κ2) is 6.03. The van der Waals surface area contributed by atoms with Gasteiger partial charge in [-0.25, -0.2) is 0 Å². The zero-order chi connectivity index (χ0) is 9.52. The van der Waals surface area contributed by atoms with Gasteiger partial charge >= 0.3 is 0 Å². The van der Waals surface area contributed by atoms with Crippen molar-refractivity contribution in [2.75, 3.05) is 6.61 Å². The Balaban J connectivity index is 2.13. The molecule has 0 bridgehead atoms. The minimum atomic E-state index is -0.166. The van der Waals surface area contributed by atoms with Crippen molar-refractivity contribution in [3.05, 3.63) is 12.8 Å². The van der Waals surface area contributed by atoms with Gasteiger partial charge in [-0.15, -0.1) is 0 Å². The Morgan fingerprint density at radius 1 is 1.38 bits per heavy atom. The molecule has 76 valence electrons. The molecule has 13 heavy (non-hydrogen) atoms. The van der Waals surface area contributed by atoms with E-state index in [1.807, 2.05) is 0 Å². The Kier molecular flexibility index (Phi) is 4.91. The summed E-state index contributed by atoms with van der Waals surface area (Å²) in [5.41, 5.74) is 0. The molecule has 0 spiro atoms. The second-order valence-electron chi connectivity index (χ2n) is 3.79. The SMILES string of the molecule is C=COCCC(O)C1CCCCC1. The lowest BCUT2D eigenvalue weighted by Gasteiger charge is -2.26. The van der Waals surface area contributed by atoms with Crippen LogP contribution < -0.4 is 0 Å². The molecule has 1 unspecified atom stereocenters. The third-order valence-corrected chi connectivity index (χ3v) is 2.84. The van der Waals surface area contributed by atoms with Crippen LogP contribution in [0.2, 0.25) is 0 Å². The summed E-state index contributed by atoms with van der Waals surface area (Å²) < 4.78 is 5.00. The maximum absolute atomic E-state index is 9.79. The van der Waals surface area contributed by atoms with Crippen LogP contribution in [0.5, 0.6) is 0 Å². The van der Waals surface area contributed by atoms with Crippen molar-refractivity contribution in [3.63, 3.8) is 0 Å². The minimum absolute atomic E-state index is 0.166. The van der Waals surface area contributed by atoms with Gasteiger partial charge in [0.25, 0.3) is 0 Å². The lowest BCUT2D eigenvalue weighted by atomic mass is 9.84. The molecule has 1 aliphatic rings. The summed E-state index contributed by atoms with van der Waals surface area (Å²) in [4.78, 5) is 0. The van der Waals surface area contributed by atoms with E-state index in [9.17, 15) is 5.11 Å². The van der Waals surface area contributed by atoms with Crippen LogP contribution in [0, 0.1) is 5.92 Å². The van der Waals surface area contributed by atoms with Gasteiger partial charge in [-0.3, -0.25) is 0 Å².